The Bertz CT molecular complexity index is 715. The second-order valence-electron chi connectivity index (χ2n) is 7.88. The highest BCUT2D eigenvalue weighted by molar-refractivity contribution is 5.86. The van der Waals surface area contributed by atoms with Crippen LogP contribution in [0.5, 0.6) is 0 Å². The van der Waals surface area contributed by atoms with Crippen molar-refractivity contribution in [2.45, 2.75) is 32.1 Å². The Morgan fingerprint density at radius 1 is 1.29 bits per heavy atom. The van der Waals surface area contributed by atoms with Gasteiger partial charge in [0.15, 0.2) is 0 Å². The molecular weight excluding hydrogens is 256 g/mol. The van der Waals surface area contributed by atoms with Gasteiger partial charge in [0.2, 0.25) is 0 Å². The van der Waals surface area contributed by atoms with Crippen molar-refractivity contribution in [1.82, 2.24) is 9.88 Å². The summed E-state index contributed by atoms with van der Waals surface area (Å²) < 4.78 is 0. The molecule has 2 fully saturated rings. The zero-order valence-electron chi connectivity index (χ0n) is 13.0. The fourth-order valence-electron chi connectivity index (χ4n) is 6.07. The molecule has 3 unspecified atom stereocenters. The van der Waals surface area contributed by atoms with Crippen molar-refractivity contribution in [2.24, 2.45) is 17.3 Å². The third-order valence-corrected chi connectivity index (χ3v) is 6.72. The van der Waals surface area contributed by atoms with Crippen molar-refractivity contribution in [1.29, 1.82) is 0 Å². The second-order valence-corrected chi connectivity index (χ2v) is 7.88. The van der Waals surface area contributed by atoms with Crippen LogP contribution in [0.25, 0.3) is 10.9 Å². The highest BCUT2D eigenvalue weighted by atomic mass is 15.1. The summed E-state index contributed by atoms with van der Waals surface area (Å²) in [5.74, 6) is 2.53. The molecule has 110 valence electrons. The monoisotopic (exact) mass is 280 g/mol. The second kappa shape index (κ2) is 3.92. The molecule has 2 aliphatic carbocycles. The van der Waals surface area contributed by atoms with Crippen molar-refractivity contribution in [3.63, 3.8) is 0 Å². The van der Waals surface area contributed by atoms with Gasteiger partial charge in [-0.2, -0.15) is 0 Å². The topological polar surface area (TPSA) is 19.0 Å². The van der Waals surface area contributed by atoms with E-state index in [-0.39, 0.29) is 0 Å². The summed E-state index contributed by atoms with van der Waals surface area (Å²) in [4.78, 5) is 6.33. The van der Waals surface area contributed by atoms with Crippen LogP contribution < -0.4 is 0 Å². The maximum atomic E-state index is 3.75. The Morgan fingerprint density at radius 3 is 3.00 bits per heavy atom. The molecule has 0 bridgehead atoms. The predicted octanol–water partition coefficient (Wildman–Crippen LogP) is 3.79. The summed E-state index contributed by atoms with van der Waals surface area (Å²) in [5, 5.41) is 1.50. The Morgan fingerprint density at radius 2 is 2.14 bits per heavy atom. The van der Waals surface area contributed by atoms with Gasteiger partial charge in [0.05, 0.1) is 0 Å². The van der Waals surface area contributed by atoms with Crippen LogP contribution in [-0.4, -0.2) is 30.0 Å². The number of aromatic amines is 1. The molecule has 1 aliphatic heterocycles. The summed E-state index contributed by atoms with van der Waals surface area (Å²) in [6.07, 6.45) is 4.10. The average molecular weight is 280 g/mol. The Kier molecular flexibility index (Phi) is 2.29. The van der Waals surface area contributed by atoms with Gasteiger partial charge in [0, 0.05) is 23.1 Å². The van der Waals surface area contributed by atoms with Gasteiger partial charge in [-0.15, -0.1) is 0 Å². The van der Waals surface area contributed by atoms with E-state index < -0.39 is 0 Å². The van der Waals surface area contributed by atoms with Crippen LogP contribution in [0.2, 0.25) is 0 Å². The average Bonchev–Trinajstić information content (AvgIpc) is 2.80. The number of benzene rings is 1. The number of hydrogen-bond donors (Lipinski definition) is 1. The van der Waals surface area contributed by atoms with E-state index in [9.17, 15) is 0 Å². The minimum Gasteiger partial charge on any atom is -0.358 e. The number of piperidine rings is 1. The number of fused-ring (bicyclic) bond motifs is 4. The van der Waals surface area contributed by atoms with Crippen molar-refractivity contribution in [3.05, 3.63) is 35.5 Å². The third kappa shape index (κ3) is 1.42. The van der Waals surface area contributed by atoms with Crippen LogP contribution in [0.3, 0.4) is 0 Å². The van der Waals surface area contributed by atoms with Crippen LogP contribution in [0.1, 0.15) is 36.9 Å². The van der Waals surface area contributed by atoms with Crippen molar-refractivity contribution in [3.8, 4) is 0 Å². The van der Waals surface area contributed by atoms with E-state index in [1.165, 1.54) is 43.3 Å². The summed E-state index contributed by atoms with van der Waals surface area (Å²) in [5.41, 5.74) is 5.15. The standard InChI is InChI=1S/C19H24N2/c1-12-10-19-11-21(2)8-7-13(19)9-16-17(18(12)19)14-5-3-4-6-15(14)20-16/h3-6,12-13,18,20H,7-11H2,1-2H3/t12?,13-,18?,19?/m0/s1. The van der Waals surface area contributed by atoms with E-state index in [4.69, 9.17) is 0 Å². The van der Waals surface area contributed by atoms with Crippen LogP contribution in [0, 0.1) is 17.3 Å². The maximum absolute atomic E-state index is 3.75. The van der Waals surface area contributed by atoms with E-state index in [1.54, 1.807) is 11.3 Å². The SMILES string of the molecule is CC1CC23CN(C)CC[C@H]2Cc2[nH]c4ccccc4c2C13. The molecule has 0 radical (unpaired) electrons. The molecule has 21 heavy (non-hydrogen) atoms. The number of nitrogens with zero attached hydrogens (tertiary/aromatic N) is 1. The molecule has 1 spiro atoms. The normalized spacial score (nSPS) is 38.5. The first-order valence-electron chi connectivity index (χ1n) is 8.47. The lowest BCUT2D eigenvalue weighted by Gasteiger charge is -2.64. The number of hydrogen-bond acceptors (Lipinski definition) is 1. The van der Waals surface area contributed by atoms with Crippen LogP contribution >= 0.6 is 0 Å². The lowest BCUT2D eigenvalue weighted by molar-refractivity contribution is -0.0946. The van der Waals surface area contributed by atoms with Gasteiger partial charge >= 0.3 is 0 Å². The number of H-pyrrole nitrogens is 1. The van der Waals surface area contributed by atoms with E-state index in [1.807, 2.05) is 0 Å². The van der Waals surface area contributed by atoms with E-state index in [2.05, 4.69) is 48.1 Å². The minimum absolute atomic E-state index is 0.574. The Balaban J connectivity index is 1.73. The lowest BCUT2D eigenvalue weighted by Crippen LogP contribution is -2.61. The molecular formula is C19H24N2. The molecule has 1 aromatic heterocycles. The van der Waals surface area contributed by atoms with E-state index >= 15 is 0 Å². The highest BCUT2D eigenvalue weighted by Crippen LogP contribution is 2.67. The van der Waals surface area contributed by atoms with Gasteiger partial charge < -0.3 is 9.88 Å². The number of nitrogens with one attached hydrogen (secondary N) is 1. The lowest BCUT2D eigenvalue weighted by atomic mass is 9.43. The summed E-state index contributed by atoms with van der Waals surface area (Å²) >= 11 is 0. The fourth-order valence-corrected chi connectivity index (χ4v) is 6.07. The molecule has 2 heterocycles. The molecule has 4 atom stereocenters. The molecule has 2 heteroatoms. The summed E-state index contributed by atoms with van der Waals surface area (Å²) in [7, 11) is 2.32. The van der Waals surface area contributed by atoms with Crippen LogP contribution in [0.4, 0.5) is 0 Å². The van der Waals surface area contributed by atoms with Gasteiger partial charge in [0.1, 0.15) is 0 Å². The largest absolute Gasteiger partial charge is 0.358 e. The molecule has 0 amide bonds. The molecule has 3 aliphatic rings. The van der Waals surface area contributed by atoms with Gasteiger partial charge in [-0.25, -0.2) is 0 Å². The quantitative estimate of drug-likeness (QED) is 0.778. The zero-order valence-corrected chi connectivity index (χ0v) is 13.0. The molecule has 1 saturated heterocycles. The van der Waals surface area contributed by atoms with Gasteiger partial charge in [0.25, 0.3) is 0 Å². The maximum Gasteiger partial charge on any atom is 0.0459 e. The van der Waals surface area contributed by atoms with Crippen LogP contribution in [-0.2, 0) is 6.42 Å². The first-order chi connectivity index (χ1) is 10.2. The molecule has 1 saturated carbocycles. The fraction of sp³-hybridized carbons (Fsp3) is 0.579. The molecule has 1 aromatic carbocycles. The number of rotatable bonds is 0. The zero-order chi connectivity index (χ0) is 14.2. The molecule has 2 nitrogen and oxygen atoms in total. The van der Waals surface area contributed by atoms with E-state index in [0.29, 0.717) is 5.41 Å². The Hall–Kier alpha value is -1.28. The highest BCUT2D eigenvalue weighted by Gasteiger charge is 2.61. The summed E-state index contributed by atoms with van der Waals surface area (Å²) in [6.45, 7) is 5.06. The predicted molar refractivity (Wildman–Crippen MR) is 86.6 cm³/mol. The van der Waals surface area contributed by atoms with Crippen molar-refractivity contribution in [2.75, 3.05) is 20.1 Å². The molecule has 2 aromatic rings. The first kappa shape index (κ1) is 12.3. The third-order valence-electron chi connectivity index (χ3n) is 6.72. The Labute approximate surface area is 126 Å². The first-order valence-corrected chi connectivity index (χ1v) is 8.47. The molecule has 1 N–H and O–H groups in total. The van der Waals surface area contributed by atoms with Crippen molar-refractivity contribution >= 4 is 10.9 Å². The van der Waals surface area contributed by atoms with Gasteiger partial charge in [-0.3, -0.25) is 0 Å². The van der Waals surface area contributed by atoms with Crippen molar-refractivity contribution < 1.29 is 0 Å². The number of aromatic nitrogens is 1. The van der Waals surface area contributed by atoms with Gasteiger partial charge in [-0.05, 0) is 67.7 Å². The number of likely N-dealkylation sites (tertiary alicyclic amines) is 1. The number of para-hydroxylation sites is 1. The van der Waals surface area contributed by atoms with Crippen LogP contribution in [0.15, 0.2) is 24.3 Å². The smallest absolute Gasteiger partial charge is 0.0459 e. The molecule has 5 rings (SSSR count). The minimum atomic E-state index is 0.574. The summed E-state index contributed by atoms with van der Waals surface area (Å²) in [6, 6.07) is 8.94. The van der Waals surface area contributed by atoms with Gasteiger partial charge in [-0.1, -0.05) is 25.1 Å². The van der Waals surface area contributed by atoms with E-state index in [0.717, 1.165) is 17.8 Å².